The number of ether oxygens (including phenoxy) is 1. The zero-order chi connectivity index (χ0) is 9.30. The first-order valence-electron chi connectivity index (χ1n) is 3.65. The van der Waals surface area contributed by atoms with Gasteiger partial charge in [-0.25, -0.2) is 4.79 Å². The first-order valence-corrected chi connectivity index (χ1v) is 3.65. The Morgan fingerprint density at radius 1 is 1.58 bits per heavy atom. The van der Waals surface area contributed by atoms with Gasteiger partial charge < -0.3 is 14.7 Å². The first-order chi connectivity index (χ1) is 5.54. The molecular weight excluding hydrogens is 162 g/mol. The zero-order valence-corrected chi connectivity index (χ0v) is 6.98. The summed E-state index contributed by atoms with van der Waals surface area (Å²) >= 11 is 0. The Hall–Kier alpha value is -1.10. The molecule has 0 spiro atoms. The van der Waals surface area contributed by atoms with Gasteiger partial charge in [0.2, 0.25) is 5.91 Å². The fourth-order valence-corrected chi connectivity index (χ4v) is 1.24. The van der Waals surface area contributed by atoms with Gasteiger partial charge in [0.25, 0.3) is 0 Å². The molecule has 1 heterocycles. The lowest BCUT2D eigenvalue weighted by Gasteiger charge is -2.18. The van der Waals surface area contributed by atoms with Crippen LogP contribution in [0.4, 0.5) is 0 Å². The quantitative estimate of drug-likeness (QED) is 0.589. The molecule has 5 heteroatoms. The summed E-state index contributed by atoms with van der Waals surface area (Å²) in [4.78, 5) is 22.7. The van der Waals surface area contributed by atoms with Gasteiger partial charge in [-0.3, -0.25) is 4.79 Å². The Balaban J connectivity index is 2.77. The molecule has 0 saturated carbocycles. The fourth-order valence-electron chi connectivity index (χ4n) is 1.24. The molecule has 1 N–H and O–H groups in total. The lowest BCUT2D eigenvalue weighted by Crippen LogP contribution is -2.43. The summed E-state index contributed by atoms with van der Waals surface area (Å²) in [6, 6.07) is -0.831. The van der Waals surface area contributed by atoms with E-state index < -0.39 is 18.1 Å². The molecule has 5 nitrogen and oxygen atoms in total. The summed E-state index contributed by atoms with van der Waals surface area (Å²) in [5.41, 5.74) is 0. The van der Waals surface area contributed by atoms with Gasteiger partial charge in [0.05, 0.1) is 6.10 Å². The van der Waals surface area contributed by atoms with Crippen molar-refractivity contribution in [2.45, 2.75) is 26.0 Å². The van der Waals surface area contributed by atoms with Crippen LogP contribution in [0.15, 0.2) is 0 Å². The van der Waals surface area contributed by atoms with Gasteiger partial charge in [-0.2, -0.15) is 0 Å². The van der Waals surface area contributed by atoms with Crippen molar-refractivity contribution < 1.29 is 19.4 Å². The van der Waals surface area contributed by atoms with E-state index in [0.29, 0.717) is 0 Å². The van der Waals surface area contributed by atoms with Crippen molar-refractivity contribution in [2.75, 3.05) is 6.73 Å². The number of hydrogen-bond donors (Lipinski definition) is 1. The number of carboxylic acids is 1. The van der Waals surface area contributed by atoms with E-state index in [-0.39, 0.29) is 12.6 Å². The first kappa shape index (κ1) is 8.99. The fraction of sp³-hybridized carbons (Fsp3) is 0.714. The van der Waals surface area contributed by atoms with Crippen molar-refractivity contribution in [1.82, 2.24) is 4.90 Å². The van der Waals surface area contributed by atoms with Crippen molar-refractivity contribution in [3.8, 4) is 0 Å². The SMILES string of the molecule is CC(=O)N1CO[C@H](C)[C@H]1C(=O)O. The third-order valence-electron chi connectivity index (χ3n) is 1.91. The highest BCUT2D eigenvalue weighted by Gasteiger charge is 2.39. The molecule has 0 aromatic rings. The molecule has 0 unspecified atom stereocenters. The second-order valence-electron chi connectivity index (χ2n) is 2.77. The van der Waals surface area contributed by atoms with E-state index in [9.17, 15) is 9.59 Å². The van der Waals surface area contributed by atoms with Crippen LogP contribution >= 0.6 is 0 Å². The predicted molar refractivity (Wildman–Crippen MR) is 39.4 cm³/mol. The van der Waals surface area contributed by atoms with E-state index in [4.69, 9.17) is 9.84 Å². The van der Waals surface area contributed by atoms with Crippen molar-refractivity contribution in [3.05, 3.63) is 0 Å². The topological polar surface area (TPSA) is 66.8 Å². The second-order valence-corrected chi connectivity index (χ2v) is 2.77. The number of rotatable bonds is 1. The van der Waals surface area contributed by atoms with Gasteiger partial charge >= 0.3 is 5.97 Å². The molecule has 12 heavy (non-hydrogen) atoms. The zero-order valence-electron chi connectivity index (χ0n) is 6.98. The number of carbonyl (C=O) groups excluding carboxylic acids is 1. The van der Waals surface area contributed by atoms with E-state index in [1.165, 1.54) is 11.8 Å². The van der Waals surface area contributed by atoms with Crippen molar-refractivity contribution in [2.24, 2.45) is 0 Å². The minimum atomic E-state index is -1.02. The van der Waals surface area contributed by atoms with Crippen LogP contribution in [0, 0.1) is 0 Å². The van der Waals surface area contributed by atoms with Crippen molar-refractivity contribution in [1.29, 1.82) is 0 Å². The molecule has 0 radical (unpaired) electrons. The Bertz CT molecular complexity index is 215. The highest BCUT2D eigenvalue weighted by atomic mass is 16.5. The van der Waals surface area contributed by atoms with Gasteiger partial charge in [-0.05, 0) is 6.92 Å². The van der Waals surface area contributed by atoms with Crippen LogP contribution in [0.1, 0.15) is 13.8 Å². The normalized spacial score (nSPS) is 29.0. The maximum atomic E-state index is 10.9. The van der Waals surface area contributed by atoms with Crippen LogP contribution in [-0.2, 0) is 14.3 Å². The standard InChI is InChI=1S/C7H11NO4/c1-4-6(7(10)11)8(3-12-4)5(2)9/h4,6H,3H2,1-2H3,(H,10,11)/t4-,6+/m1/s1. The van der Waals surface area contributed by atoms with Crippen LogP contribution in [-0.4, -0.2) is 40.8 Å². The second kappa shape index (κ2) is 3.10. The predicted octanol–water partition coefficient (Wildman–Crippen LogP) is -0.336. The molecule has 0 bridgehead atoms. The summed E-state index contributed by atoms with van der Waals surface area (Å²) in [6.45, 7) is 3.05. The number of nitrogens with zero attached hydrogens (tertiary/aromatic N) is 1. The molecule has 1 aliphatic heterocycles. The highest BCUT2D eigenvalue weighted by molar-refractivity contribution is 5.83. The van der Waals surface area contributed by atoms with Gasteiger partial charge in [-0.15, -0.1) is 0 Å². The average molecular weight is 173 g/mol. The number of hydrogen-bond acceptors (Lipinski definition) is 3. The Labute approximate surface area is 69.9 Å². The van der Waals surface area contributed by atoms with Gasteiger partial charge in [0.15, 0.2) is 6.04 Å². The van der Waals surface area contributed by atoms with Crippen molar-refractivity contribution >= 4 is 11.9 Å². The summed E-state index contributed by atoms with van der Waals surface area (Å²) in [5, 5.41) is 8.73. The number of carbonyl (C=O) groups is 2. The maximum Gasteiger partial charge on any atom is 0.329 e. The lowest BCUT2D eigenvalue weighted by molar-refractivity contribution is -0.147. The molecule has 1 amide bonds. The minimum Gasteiger partial charge on any atom is -0.480 e. The van der Waals surface area contributed by atoms with Crippen LogP contribution < -0.4 is 0 Å². The summed E-state index contributed by atoms with van der Waals surface area (Å²) in [7, 11) is 0. The molecule has 1 aliphatic rings. The highest BCUT2D eigenvalue weighted by Crippen LogP contribution is 2.16. The average Bonchev–Trinajstić information content (AvgIpc) is 2.30. The molecule has 1 saturated heterocycles. The van der Waals surface area contributed by atoms with E-state index in [1.807, 2.05) is 0 Å². The van der Waals surface area contributed by atoms with E-state index in [2.05, 4.69) is 0 Å². The number of amides is 1. The molecule has 2 atom stereocenters. The van der Waals surface area contributed by atoms with Gasteiger partial charge in [0.1, 0.15) is 6.73 Å². The molecule has 0 aromatic heterocycles. The lowest BCUT2D eigenvalue weighted by atomic mass is 10.2. The van der Waals surface area contributed by atoms with E-state index >= 15 is 0 Å². The van der Waals surface area contributed by atoms with Crippen LogP contribution in [0.3, 0.4) is 0 Å². The monoisotopic (exact) mass is 173 g/mol. The van der Waals surface area contributed by atoms with Crippen LogP contribution in [0.2, 0.25) is 0 Å². The molecular formula is C7H11NO4. The van der Waals surface area contributed by atoms with E-state index in [0.717, 1.165) is 0 Å². The van der Waals surface area contributed by atoms with Gasteiger partial charge in [-0.1, -0.05) is 0 Å². The number of carboxylic acid groups (broad SMARTS) is 1. The minimum absolute atomic E-state index is 0.0769. The molecule has 1 rings (SSSR count). The van der Waals surface area contributed by atoms with Crippen molar-refractivity contribution in [3.63, 3.8) is 0 Å². The summed E-state index contributed by atoms with van der Waals surface area (Å²) in [6.07, 6.45) is -0.425. The Morgan fingerprint density at radius 3 is 2.50 bits per heavy atom. The number of aliphatic carboxylic acids is 1. The summed E-state index contributed by atoms with van der Waals surface area (Å²) in [5.74, 6) is -1.29. The molecule has 68 valence electrons. The van der Waals surface area contributed by atoms with Crippen LogP contribution in [0.25, 0.3) is 0 Å². The molecule has 0 aromatic carbocycles. The molecule has 1 fully saturated rings. The third kappa shape index (κ3) is 1.40. The maximum absolute atomic E-state index is 10.9. The largest absolute Gasteiger partial charge is 0.480 e. The Morgan fingerprint density at radius 2 is 2.17 bits per heavy atom. The molecule has 0 aliphatic carbocycles. The van der Waals surface area contributed by atoms with E-state index in [1.54, 1.807) is 6.92 Å². The Kier molecular flexibility index (Phi) is 2.32. The smallest absolute Gasteiger partial charge is 0.329 e. The third-order valence-corrected chi connectivity index (χ3v) is 1.91. The van der Waals surface area contributed by atoms with Crippen LogP contribution in [0.5, 0.6) is 0 Å². The summed E-state index contributed by atoms with van der Waals surface area (Å²) < 4.78 is 5.02. The van der Waals surface area contributed by atoms with Gasteiger partial charge in [0, 0.05) is 6.92 Å².